The molecule has 0 saturated carbocycles. The maximum atomic E-state index is 5.31. The number of rotatable bonds is 3. The summed E-state index contributed by atoms with van der Waals surface area (Å²) >= 11 is 5.31. The lowest BCUT2D eigenvalue weighted by Crippen LogP contribution is -2.08. The monoisotopic (exact) mass is 245 g/mol. The molecule has 0 aliphatic carbocycles. The fourth-order valence-corrected chi connectivity index (χ4v) is 2.18. The fraction of sp³-hybridized carbons (Fsp3) is 0.182. The predicted octanol–water partition coefficient (Wildman–Crippen LogP) is 1.99. The predicted molar refractivity (Wildman–Crippen MR) is 67.1 cm³/mol. The molecule has 1 N–H and O–H groups in total. The number of aromatic amines is 1. The summed E-state index contributed by atoms with van der Waals surface area (Å²) < 4.78 is 4.61. The van der Waals surface area contributed by atoms with Crippen LogP contribution in [0.2, 0.25) is 0 Å². The number of aryl methyl sites for hydroxylation is 2. The number of H-pyrrole nitrogens is 1. The molecule has 0 aliphatic rings. The highest BCUT2D eigenvalue weighted by molar-refractivity contribution is 7.71. The molecule has 0 saturated heterocycles. The van der Waals surface area contributed by atoms with E-state index in [4.69, 9.17) is 12.2 Å². The van der Waals surface area contributed by atoms with Crippen molar-refractivity contribution in [2.24, 2.45) is 0 Å². The van der Waals surface area contributed by atoms with Crippen molar-refractivity contribution >= 4 is 23.3 Å². The van der Waals surface area contributed by atoms with Gasteiger partial charge in [-0.1, -0.05) is 17.3 Å². The maximum Gasteiger partial charge on any atom is 0.178 e. The summed E-state index contributed by atoms with van der Waals surface area (Å²) in [7, 11) is 0. The molecule has 0 fully saturated rings. The minimum atomic E-state index is 0.742. The average Bonchev–Trinajstić information content (AvgIpc) is 2.93. The molecule has 0 radical (unpaired) electrons. The lowest BCUT2D eigenvalue weighted by atomic mass is 10.3. The molecule has 0 aliphatic heterocycles. The first-order valence-corrected chi connectivity index (χ1v) is 5.77. The second-order valence-corrected chi connectivity index (χ2v) is 4.15. The third-order valence-electron chi connectivity index (χ3n) is 2.71. The normalized spacial score (nSPS) is 11.1. The van der Waals surface area contributed by atoms with Crippen molar-refractivity contribution in [1.29, 1.82) is 0 Å². The molecule has 86 valence electrons. The van der Waals surface area contributed by atoms with Gasteiger partial charge in [0.1, 0.15) is 0 Å². The zero-order chi connectivity index (χ0) is 11.7. The first-order chi connectivity index (χ1) is 8.34. The smallest absolute Gasteiger partial charge is 0.178 e. The molecular weight excluding hydrogens is 234 g/mol. The molecule has 3 rings (SSSR count). The topological polar surface area (TPSA) is 51.4 Å². The Morgan fingerprint density at radius 2 is 2.12 bits per heavy atom. The van der Waals surface area contributed by atoms with Gasteiger partial charge < -0.3 is 9.55 Å². The van der Waals surface area contributed by atoms with Crippen molar-refractivity contribution < 1.29 is 0 Å². The first kappa shape index (κ1) is 10.2. The highest BCUT2D eigenvalue weighted by atomic mass is 32.1. The SMILES string of the molecule is S=c1[nH]c2ccccc2n1CCn1ccnn1. The Labute approximate surface area is 103 Å². The van der Waals surface area contributed by atoms with Crippen molar-refractivity contribution in [3.8, 4) is 0 Å². The minimum absolute atomic E-state index is 0.742. The standard InChI is InChI=1S/C11H11N5S/c17-11-13-9-3-1-2-4-10(9)16(11)8-7-15-6-5-12-14-15/h1-6H,7-8H2,(H,13,17). The highest BCUT2D eigenvalue weighted by Crippen LogP contribution is 2.13. The van der Waals surface area contributed by atoms with Gasteiger partial charge in [0.2, 0.25) is 0 Å². The van der Waals surface area contributed by atoms with Gasteiger partial charge >= 0.3 is 0 Å². The zero-order valence-corrected chi connectivity index (χ0v) is 9.89. The second kappa shape index (κ2) is 4.14. The summed E-state index contributed by atoms with van der Waals surface area (Å²) in [5.41, 5.74) is 2.19. The van der Waals surface area contributed by atoms with Crippen molar-refractivity contribution in [1.82, 2.24) is 24.5 Å². The van der Waals surface area contributed by atoms with E-state index in [2.05, 4.69) is 25.9 Å². The van der Waals surface area contributed by atoms with Gasteiger partial charge in [-0.3, -0.25) is 4.68 Å². The van der Waals surface area contributed by atoms with E-state index in [1.54, 1.807) is 10.9 Å². The van der Waals surface area contributed by atoms with E-state index in [1.807, 2.05) is 24.4 Å². The van der Waals surface area contributed by atoms with Crippen LogP contribution in [-0.2, 0) is 13.1 Å². The molecule has 1 aromatic carbocycles. The molecule has 6 heteroatoms. The number of hydrogen-bond acceptors (Lipinski definition) is 3. The van der Waals surface area contributed by atoms with Crippen molar-refractivity contribution in [3.05, 3.63) is 41.4 Å². The summed E-state index contributed by atoms with van der Waals surface area (Å²) in [6, 6.07) is 8.09. The number of para-hydroxylation sites is 2. The molecule has 0 unspecified atom stereocenters. The van der Waals surface area contributed by atoms with Gasteiger partial charge in [-0.15, -0.1) is 5.10 Å². The van der Waals surface area contributed by atoms with Gasteiger partial charge in [-0.25, -0.2) is 0 Å². The largest absolute Gasteiger partial charge is 0.331 e. The Hall–Kier alpha value is -1.95. The summed E-state index contributed by atoms with van der Waals surface area (Å²) in [6.07, 6.45) is 3.52. The van der Waals surface area contributed by atoms with Gasteiger partial charge in [0.05, 0.1) is 23.8 Å². The van der Waals surface area contributed by atoms with Crippen LogP contribution in [0.15, 0.2) is 36.7 Å². The van der Waals surface area contributed by atoms with Gasteiger partial charge in [0.25, 0.3) is 0 Å². The quantitative estimate of drug-likeness (QED) is 0.718. The van der Waals surface area contributed by atoms with Crippen LogP contribution in [0.1, 0.15) is 0 Å². The van der Waals surface area contributed by atoms with Gasteiger partial charge in [0, 0.05) is 12.7 Å². The molecule has 2 aromatic heterocycles. The third kappa shape index (κ3) is 1.87. The molecule has 3 aromatic rings. The Morgan fingerprint density at radius 3 is 2.94 bits per heavy atom. The summed E-state index contributed by atoms with van der Waals surface area (Å²) in [5, 5.41) is 7.71. The van der Waals surface area contributed by atoms with E-state index in [1.165, 1.54) is 0 Å². The molecule has 5 nitrogen and oxygen atoms in total. The Morgan fingerprint density at radius 1 is 1.24 bits per heavy atom. The van der Waals surface area contributed by atoms with E-state index < -0.39 is 0 Å². The summed E-state index contributed by atoms with van der Waals surface area (Å²) in [4.78, 5) is 3.19. The minimum Gasteiger partial charge on any atom is -0.331 e. The number of imidazole rings is 1. The lowest BCUT2D eigenvalue weighted by Gasteiger charge is -2.03. The molecule has 0 bridgehead atoms. The lowest BCUT2D eigenvalue weighted by molar-refractivity contribution is 0.523. The number of hydrogen-bond donors (Lipinski definition) is 1. The number of aromatic nitrogens is 5. The maximum absolute atomic E-state index is 5.31. The van der Waals surface area contributed by atoms with E-state index in [0.717, 1.165) is 28.9 Å². The summed E-state index contributed by atoms with van der Waals surface area (Å²) in [6.45, 7) is 1.54. The summed E-state index contributed by atoms with van der Waals surface area (Å²) in [5.74, 6) is 0. The van der Waals surface area contributed by atoms with Gasteiger partial charge in [-0.05, 0) is 24.4 Å². The van der Waals surface area contributed by atoms with Crippen LogP contribution in [0.25, 0.3) is 11.0 Å². The number of fused-ring (bicyclic) bond motifs is 1. The third-order valence-corrected chi connectivity index (χ3v) is 3.03. The van der Waals surface area contributed by atoms with Crippen LogP contribution in [0, 0.1) is 4.77 Å². The zero-order valence-electron chi connectivity index (χ0n) is 9.08. The molecular formula is C11H11N5S. The molecule has 0 amide bonds. The Kier molecular flexibility index (Phi) is 2.49. The van der Waals surface area contributed by atoms with Crippen LogP contribution < -0.4 is 0 Å². The fourth-order valence-electron chi connectivity index (χ4n) is 1.88. The van der Waals surface area contributed by atoms with E-state index in [0.29, 0.717) is 0 Å². The molecule has 17 heavy (non-hydrogen) atoms. The Bertz CT molecular complexity index is 679. The number of nitrogens with zero attached hydrogens (tertiary/aromatic N) is 4. The van der Waals surface area contributed by atoms with Crippen molar-refractivity contribution in [3.63, 3.8) is 0 Å². The van der Waals surface area contributed by atoms with Crippen LogP contribution in [-0.4, -0.2) is 24.5 Å². The van der Waals surface area contributed by atoms with Gasteiger partial charge in [-0.2, -0.15) is 0 Å². The van der Waals surface area contributed by atoms with Crippen LogP contribution in [0.4, 0.5) is 0 Å². The van der Waals surface area contributed by atoms with E-state index in [-0.39, 0.29) is 0 Å². The molecule has 2 heterocycles. The molecule has 0 atom stereocenters. The Balaban J connectivity index is 1.94. The number of nitrogens with one attached hydrogen (secondary N) is 1. The van der Waals surface area contributed by atoms with Crippen molar-refractivity contribution in [2.45, 2.75) is 13.1 Å². The first-order valence-electron chi connectivity index (χ1n) is 5.36. The van der Waals surface area contributed by atoms with Gasteiger partial charge in [0.15, 0.2) is 4.77 Å². The average molecular weight is 245 g/mol. The van der Waals surface area contributed by atoms with E-state index in [9.17, 15) is 0 Å². The van der Waals surface area contributed by atoms with E-state index >= 15 is 0 Å². The second-order valence-electron chi connectivity index (χ2n) is 3.77. The highest BCUT2D eigenvalue weighted by Gasteiger charge is 2.03. The van der Waals surface area contributed by atoms with Crippen molar-refractivity contribution in [2.75, 3.05) is 0 Å². The van der Waals surface area contributed by atoms with Crippen LogP contribution in [0.5, 0.6) is 0 Å². The van der Waals surface area contributed by atoms with Crippen LogP contribution >= 0.6 is 12.2 Å². The molecule has 0 spiro atoms. The number of benzene rings is 1. The van der Waals surface area contributed by atoms with Crippen LogP contribution in [0.3, 0.4) is 0 Å².